The Hall–Kier alpha value is -2.83. The first-order valence-corrected chi connectivity index (χ1v) is 6.78. The molecule has 0 aliphatic heterocycles. The first kappa shape index (κ1) is 16.5. The molecule has 2 rings (SSSR count). The number of halogens is 2. The molecule has 0 saturated heterocycles. The van der Waals surface area contributed by atoms with Crippen molar-refractivity contribution in [3.63, 3.8) is 0 Å². The number of carbonyl (C=O) groups excluding carboxylic acids is 1. The van der Waals surface area contributed by atoms with Crippen molar-refractivity contribution in [3.05, 3.63) is 75.3 Å². The van der Waals surface area contributed by atoms with Crippen LogP contribution in [0.5, 0.6) is 0 Å². The van der Waals surface area contributed by atoms with Crippen LogP contribution < -0.4 is 0 Å². The van der Waals surface area contributed by atoms with E-state index in [2.05, 4.69) is 0 Å². The summed E-state index contributed by atoms with van der Waals surface area (Å²) in [7, 11) is 1.49. The van der Waals surface area contributed by atoms with Crippen molar-refractivity contribution in [2.75, 3.05) is 7.05 Å². The molecule has 0 radical (unpaired) electrons. The van der Waals surface area contributed by atoms with E-state index >= 15 is 0 Å². The summed E-state index contributed by atoms with van der Waals surface area (Å²) in [5.74, 6) is -2.65. The molecule has 0 aliphatic rings. The molecule has 7 heteroatoms. The van der Waals surface area contributed by atoms with Crippen LogP contribution in [0.2, 0.25) is 0 Å². The van der Waals surface area contributed by atoms with Gasteiger partial charge in [-0.3, -0.25) is 14.9 Å². The highest BCUT2D eigenvalue weighted by molar-refractivity contribution is 5.94. The fraction of sp³-hybridized carbons (Fsp3) is 0.188. The average molecular weight is 320 g/mol. The van der Waals surface area contributed by atoms with E-state index in [9.17, 15) is 23.7 Å². The molecular formula is C16H14F2N2O3. The minimum Gasteiger partial charge on any atom is -0.335 e. The first-order chi connectivity index (χ1) is 10.8. The molecular weight excluding hydrogens is 306 g/mol. The van der Waals surface area contributed by atoms with Crippen LogP contribution in [0.1, 0.15) is 28.9 Å². The number of non-ortho nitro benzene ring substituents is 1. The van der Waals surface area contributed by atoms with E-state index in [1.54, 1.807) is 13.0 Å². The molecule has 5 nitrogen and oxygen atoms in total. The zero-order valence-corrected chi connectivity index (χ0v) is 12.5. The van der Waals surface area contributed by atoms with E-state index in [4.69, 9.17) is 0 Å². The van der Waals surface area contributed by atoms with E-state index < -0.39 is 28.5 Å². The zero-order chi connectivity index (χ0) is 17.1. The highest BCUT2D eigenvalue weighted by Gasteiger charge is 2.21. The lowest BCUT2D eigenvalue weighted by atomic mass is 10.1. The number of nitro benzene ring substituents is 1. The third-order valence-electron chi connectivity index (χ3n) is 3.63. The highest BCUT2D eigenvalue weighted by atomic mass is 19.2. The standard InChI is InChI=1S/C16H14F2N2O3/c1-10(11-4-3-5-13(8-11)20(22)23)19(2)16(21)12-6-7-14(17)15(18)9-12/h3-10H,1-2H3/t10-/m1/s1. The van der Waals surface area contributed by atoms with Crippen LogP contribution in [0, 0.1) is 21.7 Å². The molecule has 23 heavy (non-hydrogen) atoms. The third kappa shape index (κ3) is 3.50. The average Bonchev–Trinajstić information content (AvgIpc) is 2.55. The van der Waals surface area contributed by atoms with Gasteiger partial charge in [-0.15, -0.1) is 0 Å². The molecule has 0 N–H and O–H groups in total. The normalized spacial score (nSPS) is 11.8. The van der Waals surface area contributed by atoms with Gasteiger partial charge in [0.15, 0.2) is 11.6 Å². The number of benzene rings is 2. The number of rotatable bonds is 4. The highest BCUT2D eigenvalue weighted by Crippen LogP contribution is 2.24. The number of nitro groups is 1. The quantitative estimate of drug-likeness (QED) is 0.637. The van der Waals surface area contributed by atoms with Crippen LogP contribution >= 0.6 is 0 Å². The summed E-state index contributed by atoms with van der Waals surface area (Å²) in [6, 6.07) is 8.34. The van der Waals surface area contributed by atoms with Gasteiger partial charge in [0.1, 0.15) is 0 Å². The van der Waals surface area contributed by atoms with Crippen LogP contribution in [0.15, 0.2) is 42.5 Å². The summed E-state index contributed by atoms with van der Waals surface area (Å²) in [5, 5.41) is 10.8. The van der Waals surface area contributed by atoms with E-state index in [0.717, 1.165) is 12.1 Å². The lowest BCUT2D eigenvalue weighted by Gasteiger charge is -2.25. The lowest BCUT2D eigenvalue weighted by Crippen LogP contribution is -2.29. The molecule has 0 unspecified atom stereocenters. The number of carbonyl (C=O) groups is 1. The summed E-state index contributed by atoms with van der Waals surface area (Å²) in [5.41, 5.74) is 0.490. The van der Waals surface area contributed by atoms with Gasteiger partial charge in [-0.25, -0.2) is 8.78 Å². The SMILES string of the molecule is C[C@H](c1cccc([N+](=O)[O-])c1)N(C)C(=O)c1ccc(F)c(F)c1. The van der Waals surface area contributed by atoms with Gasteiger partial charge in [-0.1, -0.05) is 12.1 Å². The molecule has 0 aromatic heterocycles. The molecule has 0 spiro atoms. The van der Waals surface area contributed by atoms with Crippen molar-refractivity contribution >= 4 is 11.6 Å². The molecule has 120 valence electrons. The van der Waals surface area contributed by atoms with Crippen molar-refractivity contribution in [3.8, 4) is 0 Å². The summed E-state index contributed by atoms with van der Waals surface area (Å²) in [6.07, 6.45) is 0. The summed E-state index contributed by atoms with van der Waals surface area (Å²) >= 11 is 0. The topological polar surface area (TPSA) is 63.5 Å². The minimum absolute atomic E-state index is 0.00341. The zero-order valence-electron chi connectivity index (χ0n) is 12.5. The third-order valence-corrected chi connectivity index (χ3v) is 3.63. The van der Waals surface area contributed by atoms with E-state index in [-0.39, 0.29) is 11.3 Å². The monoisotopic (exact) mass is 320 g/mol. The Labute approximate surface area is 131 Å². The van der Waals surface area contributed by atoms with Crippen molar-refractivity contribution < 1.29 is 18.5 Å². The molecule has 0 heterocycles. The summed E-state index contributed by atoms with van der Waals surface area (Å²) in [6.45, 7) is 1.69. The van der Waals surface area contributed by atoms with Gasteiger partial charge in [-0.05, 0) is 30.7 Å². The predicted molar refractivity (Wildman–Crippen MR) is 80.0 cm³/mol. The van der Waals surface area contributed by atoms with Gasteiger partial charge >= 0.3 is 0 Å². The van der Waals surface area contributed by atoms with Gasteiger partial charge in [0, 0.05) is 24.7 Å². The maximum Gasteiger partial charge on any atom is 0.269 e. The molecule has 1 amide bonds. The summed E-state index contributed by atoms with van der Waals surface area (Å²) < 4.78 is 26.2. The molecule has 2 aromatic carbocycles. The van der Waals surface area contributed by atoms with Gasteiger partial charge in [0.2, 0.25) is 0 Å². The fourth-order valence-electron chi connectivity index (χ4n) is 2.13. The van der Waals surface area contributed by atoms with Crippen molar-refractivity contribution in [1.82, 2.24) is 4.90 Å². The summed E-state index contributed by atoms with van der Waals surface area (Å²) in [4.78, 5) is 24.0. The molecule has 0 fully saturated rings. The molecule has 0 bridgehead atoms. The fourth-order valence-corrected chi connectivity index (χ4v) is 2.13. The van der Waals surface area contributed by atoms with Crippen LogP contribution in [0.4, 0.5) is 14.5 Å². The molecule has 0 aliphatic carbocycles. The maximum atomic E-state index is 13.2. The van der Waals surface area contributed by atoms with Crippen molar-refractivity contribution in [2.24, 2.45) is 0 Å². The van der Waals surface area contributed by atoms with E-state index in [1.807, 2.05) is 0 Å². The molecule has 1 atom stereocenters. The second-order valence-electron chi connectivity index (χ2n) is 5.07. The van der Waals surface area contributed by atoms with E-state index in [0.29, 0.717) is 5.56 Å². The van der Waals surface area contributed by atoms with Crippen molar-refractivity contribution in [2.45, 2.75) is 13.0 Å². The Morgan fingerprint density at radius 1 is 1.17 bits per heavy atom. The van der Waals surface area contributed by atoms with Crippen LogP contribution in [0.3, 0.4) is 0 Å². The smallest absolute Gasteiger partial charge is 0.269 e. The minimum atomic E-state index is -1.10. The van der Waals surface area contributed by atoms with Crippen LogP contribution in [0.25, 0.3) is 0 Å². The van der Waals surface area contributed by atoms with Gasteiger partial charge in [-0.2, -0.15) is 0 Å². The molecule has 2 aromatic rings. The van der Waals surface area contributed by atoms with Crippen LogP contribution in [-0.2, 0) is 0 Å². The number of nitrogens with zero attached hydrogens (tertiary/aromatic N) is 2. The Morgan fingerprint density at radius 3 is 2.48 bits per heavy atom. The van der Waals surface area contributed by atoms with Crippen LogP contribution in [-0.4, -0.2) is 22.8 Å². The van der Waals surface area contributed by atoms with Gasteiger partial charge < -0.3 is 4.90 Å². The van der Waals surface area contributed by atoms with Crippen molar-refractivity contribution in [1.29, 1.82) is 0 Å². The maximum absolute atomic E-state index is 13.2. The lowest BCUT2D eigenvalue weighted by molar-refractivity contribution is -0.384. The Kier molecular flexibility index (Phi) is 4.68. The largest absolute Gasteiger partial charge is 0.335 e. The Bertz CT molecular complexity index is 765. The second kappa shape index (κ2) is 6.51. The first-order valence-electron chi connectivity index (χ1n) is 6.78. The van der Waals surface area contributed by atoms with E-state index in [1.165, 1.54) is 36.2 Å². The number of amides is 1. The Morgan fingerprint density at radius 2 is 1.87 bits per heavy atom. The van der Waals surface area contributed by atoms with Gasteiger partial charge in [0.25, 0.3) is 11.6 Å². The molecule has 0 saturated carbocycles. The van der Waals surface area contributed by atoms with Gasteiger partial charge in [0.05, 0.1) is 11.0 Å². The second-order valence-corrected chi connectivity index (χ2v) is 5.07. The number of hydrogen-bond acceptors (Lipinski definition) is 3. The predicted octanol–water partition coefficient (Wildman–Crippen LogP) is 3.71. The Balaban J connectivity index is 2.26. The number of hydrogen-bond donors (Lipinski definition) is 0.